The standard InChI is InChI=1S/C21H18ClN3O3/c1-14(18-5-3-4-6-19(18)22)11-20(26)28-17-9-7-16(8-10-17)24-21(27)15-12-23-25(2)13-15/h3-13H,1-2H3,(H,24,27)/b14-11-. The lowest BCUT2D eigenvalue weighted by molar-refractivity contribution is -0.128. The number of carbonyl (C=O) groups excluding carboxylic acids is 2. The molecule has 1 aromatic heterocycles. The lowest BCUT2D eigenvalue weighted by atomic mass is 10.1. The van der Waals surface area contributed by atoms with E-state index in [9.17, 15) is 9.59 Å². The molecule has 0 saturated heterocycles. The van der Waals surface area contributed by atoms with Crippen LogP contribution in [0.2, 0.25) is 5.02 Å². The van der Waals surface area contributed by atoms with E-state index in [4.69, 9.17) is 16.3 Å². The Balaban J connectivity index is 1.62. The Morgan fingerprint density at radius 1 is 1.14 bits per heavy atom. The number of hydrogen-bond donors (Lipinski definition) is 1. The molecule has 0 spiro atoms. The molecule has 1 amide bonds. The smallest absolute Gasteiger partial charge is 0.336 e. The number of hydrogen-bond acceptors (Lipinski definition) is 4. The molecule has 0 unspecified atom stereocenters. The number of carbonyl (C=O) groups is 2. The van der Waals surface area contributed by atoms with Crippen molar-refractivity contribution in [2.24, 2.45) is 7.05 Å². The van der Waals surface area contributed by atoms with Gasteiger partial charge in [-0.15, -0.1) is 0 Å². The zero-order valence-electron chi connectivity index (χ0n) is 15.3. The van der Waals surface area contributed by atoms with Crippen LogP contribution in [0.4, 0.5) is 5.69 Å². The van der Waals surface area contributed by atoms with E-state index in [-0.39, 0.29) is 5.91 Å². The van der Waals surface area contributed by atoms with E-state index in [1.54, 1.807) is 55.2 Å². The SMILES string of the molecule is C/C(=C/C(=O)Oc1ccc(NC(=O)c2cnn(C)c2)cc1)c1ccccc1Cl. The lowest BCUT2D eigenvalue weighted by Gasteiger charge is -2.07. The minimum atomic E-state index is -0.510. The number of nitrogens with one attached hydrogen (secondary N) is 1. The van der Waals surface area contributed by atoms with Crippen LogP contribution in [-0.2, 0) is 11.8 Å². The number of rotatable bonds is 5. The summed E-state index contributed by atoms with van der Waals surface area (Å²) in [6, 6.07) is 13.8. The molecule has 0 radical (unpaired) electrons. The highest BCUT2D eigenvalue weighted by Crippen LogP contribution is 2.23. The molecule has 2 aromatic carbocycles. The van der Waals surface area contributed by atoms with Gasteiger partial charge in [-0.3, -0.25) is 9.48 Å². The number of allylic oxidation sites excluding steroid dienone is 1. The van der Waals surface area contributed by atoms with Crippen LogP contribution in [0.25, 0.3) is 5.57 Å². The minimum Gasteiger partial charge on any atom is -0.423 e. The fourth-order valence-corrected chi connectivity index (χ4v) is 2.81. The first-order chi connectivity index (χ1) is 13.4. The van der Waals surface area contributed by atoms with Crippen molar-refractivity contribution in [3.8, 4) is 5.75 Å². The summed E-state index contributed by atoms with van der Waals surface area (Å²) in [5, 5.41) is 7.28. The molecule has 0 aliphatic heterocycles. The number of ether oxygens (including phenoxy) is 1. The van der Waals surface area contributed by atoms with Crippen LogP contribution < -0.4 is 10.1 Å². The van der Waals surface area contributed by atoms with Gasteiger partial charge in [0.15, 0.2) is 0 Å². The Bertz CT molecular complexity index is 1040. The van der Waals surface area contributed by atoms with Gasteiger partial charge in [-0.2, -0.15) is 5.10 Å². The van der Waals surface area contributed by atoms with Crippen molar-refractivity contribution in [1.29, 1.82) is 0 Å². The van der Waals surface area contributed by atoms with Gasteiger partial charge in [-0.1, -0.05) is 29.8 Å². The number of amides is 1. The van der Waals surface area contributed by atoms with Crippen LogP contribution in [0, 0.1) is 0 Å². The topological polar surface area (TPSA) is 73.2 Å². The van der Waals surface area contributed by atoms with Crippen molar-refractivity contribution < 1.29 is 14.3 Å². The highest BCUT2D eigenvalue weighted by molar-refractivity contribution is 6.32. The third-order valence-electron chi connectivity index (χ3n) is 3.93. The van der Waals surface area contributed by atoms with Crippen molar-refractivity contribution in [2.45, 2.75) is 6.92 Å². The maximum atomic E-state index is 12.1. The van der Waals surface area contributed by atoms with E-state index in [1.807, 2.05) is 18.2 Å². The summed E-state index contributed by atoms with van der Waals surface area (Å²) >= 11 is 6.13. The zero-order valence-corrected chi connectivity index (χ0v) is 16.1. The highest BCUT2D eigenvalue weighted by Gasteiger charge is 2.09. The normalized spacial score (nSPS) is 11.2. The van der Waals surface area contributed by atoms with E-state index in [2.05, 4.69) is 10.4 Å². The van der Waals surface area contributed by atoms with Crippen molar-refractivity contribution in [2.75, 3.05) is 5.32 Å². The molecule has 0 bridgehead atoms. The predicted molar refractivity (Wildman–Crippen MR) is 108 cm³/mol. The fraction of sp³-hybridized carbons (Fsp3) is 0.0952. The summed E-state index contributed by atoms with van der Waals surface area (Å²) in [7, 11) is 1.74. The number of benzene rings is 2. The van der Waals surface area contributed by atoms with E-state index < -0.39 is 5.97 Å². The van der Waals surface area contributed by atoms with Gasteiger partial charge >= 0.3 is 5.97 Å². The summed E-state index contributed by atoms with van der Waals surface area (Å²) in [5.74, 6) is -0.409. The largest absolute Gasteiger partial charge is 0.423 e. The average molecular weight is 396 g/mol. The summed E-state index contributed by atoms with van der Waals surface area (Å²) in [6.07, 6.45) is 4.50. The molecule has 0 aliphatic rings. The van der Waals surface area contributed by atoms with Crippen molar-refractivity contribution in [3.05, 3.63) is 83.2 Å². The third kappa shape index (κ3) is 4.86. The van der Waals surface area contributed by atoms with Gasteiger partial charge in [-0.05, 0) is 48.4 Å². The first-order valence-corrected chi connectivity index (χ1v) is 8.85. The van der Waals surface area contributed by atoms with Gasteiger partial charge in [0.25, 0.3) is 5.91 Å². The molecule has 28 heavy (non-hydrogen) atoms. The van der Waals surface area contributed by atoms with Gasteiger partial charge in [0.05, 0.1) is 11.8 Å². The fourth-order valence-electron chi connectivity index (χ4n) is 2.53. The van der Waals surface area contributed by atoms with Crippen molar-refractivity contribution in [3.63, 3.8) is 0 Å². The van der Waals surface area contributed by atoms with Gasteiger partial charge in [0.1, 0.15) is 5.75 Å². The second-order valence-corrected chi connectivity index (χ2v) is 6.52. The molecule has 0 atom stereocenters. The first-order valence-electron chi connectivity index (χ1n) is 8.47. The van der Waals surface area contributed by atoms with E-state index in [0.29, 0.717) is 27.6 Å². The van der Waals surface area contributed by atoms with Crippen LogP contribution in [0.1, 0.15) is 22.8 Å². The molecule has 142 valence electrons. The first kappa shape index (κ1) is 19.4. The van der Waals surface area contributed by atoms with E-state index in [0.717, 1.165) is 5.56 Å². The third-order valence-corrected chi connectivity index (χ3v) is 4.26. The zero-order chi connectivity index (χ0) is 20.1. The van der Waals surface area contributed by atoms with Crippen molar-refractivity contribution >= 4 is 34.7 Å². The molecule has 1 heterocycles. The molecular weight excluding hydrogens is 378 g/mol. The monoisotopic (exact) mass is 395 g/mol. The van der Waals surface area contributed by atoms with Gasteiger partial charge in [0, 0.05) is 30.0 Å². The van der Waals surface area contributed by atoms with Crippen LogP contribution in [-0.4, -0.2) is 21.7 Å². The second kappa shape index (κ2) is 8.54. The van der Waals surface area contributed by atoms with Crippen LogP contribution in [0.3, 0.4) is 0 Å². The molecule has 0 fully saturated rings. The maximum absolute atomic E-state index is 12.1. The Hall–Kier alpha value is -3.38. The van der Waals surface area contributed by atoms with E-state index in [1.165, 1.54) is 12.3 Å². The lowest BCUT2D eigenvalue weighted by Crippen LogP contribution is -2.11. The number of anilines is 1. The molecule has 6 nitrogen and oxygen atoms in total. The van der Waals surface area contributed by atoms with Gasteiger partial charge in [0.2, 0.25) is 0 Å². The molecule has 0 aliphatic carbocycles. The quantitative estimate of drug-likeness (QED) is 0.396. The molecule has 1 N–H and O–H groups in total. The van der Waals surface area contributed by atoms with Gasteiger partial charge < -0.3 is 10.1 Å². The Morgan fingerprint density at radius 2 is 1.86 bits per heavy atom. The molecule has 7 heteroatoms. The minimum absolute atomic E-state index is 0.267. The number of halogens is 1. The van der Waals surface area contributed by atoms with Gasteiger partial charge in [-0.25, -0.2) is 4.79 Å². The highest BCUT2D eigenvalue weighted by atomic mass is 35.5. The molecule has 3 aromatic rings. The second-order valence-electron chi connectivity index (χ2n) is 6.11. The summed E-state index contributed by atoms with van der Waals surface area (Å²) in [4.78, 5) is 24.2. The van der Waals surface area contributed by atoms with Crippen LogP contribution in [0.5, 0.6) is 5.75 Å². The molecular formula is C21H18ClN3O3. The Labute approximate surface area is 167 Å². The number of aromatic nitrogens is 2. The molecule has 3 rings (SSSR count). The molecule has 0 saturated carbocycles. The number of esters is 1. The van der Waals surface area contributed by atoms with Crippen LogP contribution in [0.15, 0.2) is 67.0 Å². The average Bonchev–Trinajstić information content (AvgIpc) is 3.10. The van der Waals surface area contributed by atoms with Crippen LogP contribution >= 0.6 is 11.6 Å². The predicted octanol–water partition coefficient (Wildman–Crippen LogP) is 4.33. The maximum Gasteiger partial charge on any atom is 0.336 e. The Morgan fingerprint density at radius 3 is 2.50 bits per heavy atom. The number of nitrogens with zero attached hydrogens (tertiary/aromatic N) is 2. The summed E-state index contributed by atoms with van der Waals surface area (Å²) < 4.78 is 6.86. The summed E-state index contributed by atoms with van der Waals surface area (Å²) in [6.45, 7) is 1.79. The Kier molecular flexibility index (Phi) is 5.91. The van der Waals surface area contributed by atoms with E-state index >= 15 is 0 Å². The number of aryl methyl sites for hydroxylation is 1. The summed E-state index contributed by atoms with van der Waals surface area (Å²) in [5.41, 5.74) is 2.51. The van der Waals surface area contributed by atoms with Crippen molar-refractivity contribution in [1.82, 2.24) is 9.78 Å².